The minimum Gasteiger partial charge on any atom is -0.489 e. The van der Waals surface area contributed by atoms with E-state index >= 15 is 0 Å². The maximum atomic E-state index is 13.9. The van der Waals surface area contributed by atoms with Crippen molar-refractivity contribution in [1.82, 2.24) is 9.80 Å². The van der Waals surface area contributed by atoms with Crippen LogP contribution in [0.3, 0.4) is 0 Å². The molecule has 1 aliphatic heterocycles. The molecule has 6 nitrogen and oxygen atoms in total. The number of carbonyl (C=O) groups is 2. The van der Waals surface area contributed by atoms with Crippen LogP contribution < -0.4 is 4.74 Å². The standard InChI is InChI=1S/C36H36F2N2O4S/c1-45-34-22-33(38)32(37)21-31(34)28-12-14-30(15-13-28)43-25-27-10-7-11-29(20-27)36(42)40(19-18-39-16-5-6-17-39)23-35(41)44-24-26-8-3-2-4-9-26/h2-4,7-15,20-22H,5-6,16-19,23-25H2,1H3. The molecule has 234 valence electrons. The largest absolute Gasteiger partial charge is 0.489 e. The van der Waals surface area contributed by atoms with E-state index in [4.69, 9.17) is 9.47 Å². The van der Waals surface area contributed by atoms with E-state index in [0.29, 0.717) is 34.9 Å². The van der Waals surface area contributed by atoms with Crippen LogP contribution in [-0.2, 0) is 22.7 Å². The number of halogens is 2. The first-order valence-electron chi connectivity index (χ1n) is 15.0. The van der Waals surface area contributed by atoms with E-state index in [0.717, 1.165) is 42.6 Å². The molecule has 0 aliphatic carbocycles. The molecule has 1 fully saturated rings. The molecule has 9 heteroatoms. The van der Waals surface area contributed by atoms with Crippen LogP contribution in [0.2, 0.25) is 0 Å². The van der Waals surface area contributed by atoms with Gasteiger partial charge in [-0.2, -0.15) is 0 Å². The van der Waals surface area contributed by atoms with E-state index < -0.39 is 17.6 Å². The van der Waals surface area contributed by atoms with E-state index in [2.05, 4.69) is 4.90 Å². The van der Waals surface area contributed by atoms with Crippen molar-refractivity contribution in [2.75, 3.05) is 39.0 Å². The predicted octanol–water partition coefficient (Wildman–Crippen LogP) is 7.21. The second kappa shape index (κ2) is 15.7. The number of amides is 1. The van der Waals surface area contributed by atoms with Crippen LogP contribution in [0.5, 0.6) is 5.75 Å². The first kappa shape index (κ1) is 32.2. The number of likely N-dealkylation sites (tertiary alicyclic amines) is 1. The topological polar surface area (TPSA) is 59.1 Å². The molecule has 0 spiro atoms. The highest BCUT2D eigenvalue weighted by Gasteiger charge is 2.22. The third-order valence-corrected chi connectivity index (χ3v) is 8.50. The van der Waals surface area contributed by atoms with Crippen molar-refractivity contribution in [3.8, 4) is 16.9 Å². The van der Waals surface area contributed by atoms with Crippen LogP contribution in [0.4, 0.5) is 8.78 Å². The normalized spacial score (nSPS) is 13.0. The summed E-state index contributed by atoms with van der Waals surface area (Å²) in [5, 5.41) is 0. The maximum absolute atomic E-state index is 13.9. The number of hydrogen-bond acceptors (Lipinski definition) is 6. The Morgan fingerprint density at radius 3 is 2.29 bits per heavy atom. The lowest BCUT2D eigenvalue weighted by Gasteiger charge is -2.25. The fourth-order valence-electron chi connectivity index (χ4n) is 5.26. The van der Waals surface area contributed by atoms with Gasteiger partial charge in [-0.25, -0.2) is 8.78 Å². The number of rotatable bonds is 13. The third-order valence-electron chi connectivity index (χ3n) is 7.72. The summed E-state index contributed by atoms with van der Waals surface area (Å²) in [7, 11) is 0. The Morgan fingerprint density at radius 1 is 0.844 bits per heavy atom. The van der Waals surface area contributed by atoms with E-state index in [9.17, 15) is 18.4 Å². The van der Waals surface area contributed by atoms with E-state index in [1.807, 2.05) is 42.7 Å². The predicted molar refractivity (Wildman–Crippen MR) is 172 cm³/mol. The molecule has 5 rings (SSSR count). The molecule has 1 aliphatic rings. The van der Waals surface area contributed by atoms with Crippen LogP contribution >= 0.6 is 11.8 Å². The van der Waals surface area contributed by atoms with Gasteiger partial charge >= 0.3 is 5.97 Å². The Morgan fingerprint density at radius 2 is 1.56 bits per heavy atom. The van der Waals surface area contributed by atoms with Gasteiger partial charge in [0.05, 0.1) is 0 Å². The average Bonchev–Trinajstić information content (AvgIpc) is 3.60. The molecule has 1 amide bonds. The summed E-state index contributed by atoms with van der Waals surface area (Å²) in [5.74, 6) is -1.87. The molecule has 45 heavy (non-hydrogen) atoms. The molecule has 1 heterocycles. The SMILES string of the molecule is CSc1cc(F)c(F)cc1-c1ccc(OCc2cccc(C(=O)N(CCN3CCCC3)CC(=O)OCc3ccccc3)c2)cc1. The number of hydrogen-bond donors (Lipinski definition) is 0. The number of benzene rings is 4. The fourth-order valence-corrected chi connectivity index (χ4v) is 5.88. The Hall–Kier alpha value is -4.21. The molecule has 0 N–H and O–H groups in total. The van der Waals surface area contributed by atoms with Crippen LogP contribution in [0.15, 0.2) is 95.9 Å². The summed E-state index contributed by atoms with van der Waals surface area (Å²) in [6.45, 7) is 3.34. The van der Waals surface area contributed by atoms with Crippen LogP contribution in [0.1, 0.15) is 34.3 Å². The quantitative estimate of drug-likeness (QED) is 0.115. The van der Waals surface area contributed by atoms with Crippen molar-refractivity contribution in [1.29, 1.82) is 0 Å². The molecule has 0 bridgehead atoms. The second-order valence-electron chi connectivity index (χ2n) is 10.9. The Bertz CT molecular complexity index is 1590. The van der Waals surface area contributed by atoms with E-state index in [1.165, 1.54) is 23.9 Å². The van der Waals surface area contributed by atoms with Crippen molar-refractivity contribution in [2.24, 2.45) is 0 Å². The number of carbonyl (C=O) groups excluding carboxylic acids is 2. The van der Waals surface area contributed by atoms with Gasteiger partial charge in [-0.3, -0.25) is 9.59 Å². The van der Waals surface area contributed by atoms with Crippen LogP contribution in [-0.4, -0.2) is 60.7 Å². The first-order valence-corrected chi connectivity index (χ1v) is 16.2. The van der Waals surface area contributed by atoms with Crippen molar-refractivity contribution < 1.29 is 27.8 Å². The minimum absolute atomic E-state index is 0.136. The van der Waals surface area contributed by atoms with Crippen molar-refractivity contribution in [2.45, 2.75) is 31.0 Å². The van der Waals surface area contributed by atoms with Gasteiger partial charge in [0.25, 0.3) is 5.91 Å². The van der Waals surface area contributed by atoms with Gasteiger partial charge in [0.15, 0.2) is 11.6 Å². The van der Waals surface area contributed by atoms with Gasteiger partial charge < -0.3 is 19.3 Å². The molecule has 0 aromatic heterocycles. The zero-order chi connectivity index (χ0) is 31.6. The third kappa shape index (κ3) is 8.93. The fraction of sp³-hybridized carbons (Fsp3) is 0.278. The van der Waals surface area contributed by atoms with E-state index in [-0.39, 0.29) is 25.7 Å². The molecule has 0 atom stereocenters. The van der Waals surface area contributed by atoms with E-state index in [1.54, 1.807) is 47.4 Å². The Labute approximate surface area is 267 Å². The molecular weight excluding hydrogens is 594 g/mol. The molecule has 0 radical (unpaired) electrons. The lowest BCUT2D eigenvalue weighted by Crippen LogP contribution is -2.41. The smallest absolute Gasteiger partial charge is 0.325 e. The summed E-state index contributed by atoms with van der Waals surface area (Å²) in [6, 6.07) is 26.2. The number of thioether (sulfide) groups is 1. The number of nitrogens with zero attached hydrogens (tertiary/aromatic N) is 2. The summed E-state index contributed by atoms with van der Waals surface area (Å²) in [6.07, 6.45) is 4.10. The minimum atomic E-state index is -0.892. The zero-order valence-electron chi connectivity index (χ0n) is 25.2. The first-order chi connectivity index (χ1) is 21.9. The summed E-state index contributed by atoms with van der Waals surface area (Å²) in [4.78, 5) is 31.0. The van der Waals surface area contributed by atoms with Gasteiger partial charge in [0.1, 0.15) is 25.5 Å². The highest BCUT2D eigenvalue weighted by molar-refractivity contribution is 7.98. The highest BCUT2D eigenvalue weighted by atomic mass is 32.2. The van der Waals surface area contributed by atoms with Crippen molar-refractivity contribution in [3.05, 3.63) is 119 Å². The average molecular weight is 631 g/mol. The molecular formula is C36H36F2N2O4S. The van der Waals surface area contributed by atoms with Crippen LogP contribution in [0.25, 0.3) is 11.1 Å². The maximum Gasteiger partial charge on any atom is 0.325 e. The summed E-state index contributed by atoms with van der Waals surface area (Å²) >= 11 is 1.35. The summed E-state index contributed by atoms with van der Waals surface area (Å²) in [5.41, 5.74) is 3.50. The molecule has 0 saturated carbocycles. The second-order valence-corrected chi connectivity index (χ2v) is 11.7. The number of ether oxygens (including phenoxy) is 2. The Balaban J connectivity index is 1.22. The van der Waals surface area contributed by atoms with Gasteiger partial charge in [-0.05, 0) is 90.8 Å². The molecule has 4 aromatic rings. The monoisotopic (exact) mass is 630 g/mol. The van der Waals surface area contributed by atoms with Gasteiger partial charge in [0.2, 0.25) is 0 Å². The molecule has 1 saturated heterocycles. The molecule has 4 aromatic carbocycles. The zero-order valence-corrected chi connectivity index (χ0v) is 26.0. The highest BCUT2D eigenvalue weighted by Crippen LogP contribution is 2.33. The van der Waals surface area contributed by atoms with Gasteiger partial charge in [-0.1, -0.05) is 54.6 Å². The Kier molecular flexibility index (Phi) is 11.2. The van der Waals surface area contributed by atoms with Crippen LogP contribution in [0, 0.1) is 11.6 Å². The van der Waals surface area contributed by atoms with Crippen molar-refractivity contribution in [3.63, 3.8) is 0 Å². The lowest BCUT2D eigenvalue weighted by molar-refractivity contribution is -0.145. The number of esters is 1. The summed E-state index contributed by atoms with van der Waals surface area (Å²) < 4.78 is 39.1. The van der Waals surface area contributed by atoms with Gasteiger partial charge in [-0.15, -0.1) is 11.8 Å². The molecule has 0 unspecified atom stereocenters. The van der Waals surface area contributed by atoms with Crippen molar-refractivity contribution >= 4 is 23.6 Å². The lowest BCUT2D eigenvalue weighted by atomic mass is 10.1. The van der Waals surface area contributed by atoms with Gasteiger partial charge in [0, 0.05) is 23.5 Å².